The molecule has 14 heavy (non-hydrogen) atoms. The summed E-state index contributed by atoms with van der Waals surface area (Å²) in [5.74, 6) is 0.252. The molecule has 0 fully saturated rings. The number of amides is 1. The number of amidine groups is 1. The van der Waals surface area contributed by atoms with Gasteiger partial charge in [0, 0.05) is 5.56 Å². The van der Waals surface area contributed by atoms with Crippen LogP contribution in [0.2, 0.25) is 0 Å². The van der Waals surface area contributed by atoms with Crippen LogP contribution in [0.15, 0.2) is 23.2 Å². The summed E-state index contributed by atoms with van der Waals surface area (Å²) in [5.41, 5.74) is 13.7. The number of nitrogens with zero attached hydrogens (tertiary/aromatic N) is 1. The fraction of sp³-hybridized carbons (Fsp3) is 0.200. The lowest BCUT2D eigenvalue weighted by molar-refractivity contribution is -0.117. The van der Waals surface area contributed by atoms with E-state index in [4.69, 9.17) is 11.5 Å². The Bertz CT molecular complexity index is 423. The van der Waals surface area contributed by atoms with Crippen LogP contribution in [-0.4, -0.2) is 11.7 Å². The van der Waals surface area contributed by atoms with E-state index in [9.17, 15) is 4.79 Å². The zero-order valence-electron chi connectivity index (χ0n) is 7.66. The minimum Gasteiger partial charge on any atom is -0.383 e. The van der Waals surface area contributed by atoms with Gasteiger partial charge in [-0.25, -0.2) is 0 Å². The van der Waals surface area contributed by atoms with Gasteiger partial charge in [0.05, 0.1) is 13.0 Å². The van der Waals surface area contributed by atoms with Gasteiger partial charge in [0.15, 0.2) is 0 Å². The number of benzene rings is 1. The average molecular weight is 189 g/mol. The maximum absolute atomic E-state index is 10.7. The summed E-state index contributed by atoms with van der Waals surface area (Å²) in [6.45, 7) is 0.605. The van der Waals surface area contributed by atoms with Crippen LogP contribution in [0.3, 0.4) is 0 Å². The molecular weight excluding hydrogens is 178 g/mol. The molecule has 1 amide bonds. The third kappa shape index (κ3) is 1.46. The molecule has 1 aromatic carbocycles. The Hall–Kier alpha value is -1.84. The van der Waals surface area contributed by atoms with Gasteiger partial charge < -0.3 is 11.5 Å². The van der Waals surface area contributed by atoms with Gasteiger partial charge in [-0.3, -0.25) is 9.79 Å². The zero-order chi connectivity index (χ0) is 10.1. The zero-order valence-corrected chi connectivity index (χ0v) is 7.66. The predicted molar refractivity (Wildman–Crippen MR) is 53.8 cm³/mol. The van der Waals surface area contributed by atoms with Crippen LogP contribution in [0.4, 0.5) is 0 Å². The summed E-state index contributed by atoms with van der Waals surface area (Å²) < 4.78 is 0. The molecule has 0 spiro atoms. The summed E-state index contributed by atoms with van der Waals surface area (Å²) >= 11 is 0. The number of aliphatic imine (C=N–C) groups is 1. The van der Waals surface area contributed by atoms with Crippen LogP contribution in [0.25, 0.3) is 0 Å². The number of primary amides is 1. The molecule has 0 bridgehead atoms. The number of carbonyl (C=O) groups excluding carboxylic acids is 1. The van der Waals surface area contributed by atoms with Crippen molar-refractivity contribution < 1.29 is 4.79 Å². The van der Waals surface area contributed by atoms with E-state index in [1.807, 2.05) is 18.2 Å². The van der Waals surface area contributed by atoms with Gasteiger partial charge in [-0.2, -0.15) is 0 Å². The number of rotatable bonds is 2. The van der Waals surface area contributed by atoms with E-state index >= 15 is 0 Å². The normalized spacial score (nSPS) is 13.6. The Morgan fingerprint density at radius 3 is 3.00 bits per heavy atom. The first-order valence-corrected chi connectivity index (χ1v) is 4.37. The van der Waals surface area contributed by atoms with Gasteiger partial charge in [-0.05, 0) is 11.1 Å². The molecule has 2 rings (SSSR count). The second-order valence-electron chi connectivity index (χ2n) is 3.34. The molecule has 0 unspecified atom stereocenters. The third-order valence-electron chi connectivity index (χ3n) is 2.24. The van der Waals surface area contributed by atoms with Crippen molar-refractivity contribution in [1.29, 1.82) is 0 Å². The number of hydrogen-bond donors (Lipinski definition) is 2. The monoisotopic (exact) mass is 189 g/mol. The minimum absolute atomic E-state index is 0.271. The molecule has 0 saturated carbocycles. The maximum Gasteiger partial charge on any atom is 0.221 e. The summed E-state index contributed by atoms with van der Waals surface area (Å²) in [4.78, 5) is 14.8. The first-order valence-electron chi connectivity index (χ1n) is 4.37. The molecule has 72 valence electrons. The van der Waals surface area contributed by atoms with E-state index < -0.39 is 0 Å². The molecule has 1 heterocycles. The van der Waals surface area contributed by atoms with Gasteiger partial charge in [0.1, 0.15) is 5.84 Å². The summed E-state index contributed by atoms with van der Waals surface area (Å²) in [5, 5.41) is 0. The van der Waals surface area contributed by atoms with E-state index in [-0.39, 0.29) is 12.3 Å². The Morgan fingerprint density at radius 2 is 2.29 bits per heavy atom. The highest BCUT2D eigenvalue weighted by Gasteiger charge is 2.13. The lowest BCUT2D eigenvalue weighted by Gasteiger charge is -2.02. The summed E-state index contributed by atoms with van der Waals surface area (Å²) in [6.07, 6.45) is 0.271. The average Bonchev–Trinajstić information content (AvgIpc) is 2.46. The summed E-state index contributed by atoms with van der Waals surface area (Å²) in [6, 6.07) is 5.68. The summed E-state index contributed by atoms with van der Waals surface area (Å²) in [7, 11) is 0. The van der Waals surface area contributed by atoms with Crippen molar-refractivity contribution in [1.82, 2.24) is 0 Å². The SMILES string of the molecule is NC(=O)Cc1ccc2c(c1)CN=C2N. The highest BCUT2D eigenvalue weighted by atomic mass is 16.1. The van der Waals surface area contributed by atoms with Crippen molar-refractivity contribution >= 4 is 11.7 Å². The van der Waals surface area contributed by atoms with Crippen LogP contribution in [0.1, 0.15) is 16.7 Å². The van der Waals surface area contributed by atoms with Crippen molar-refractivity contribution in [2.75, 3.05) is 0 Å². The van der Waals surface area contributed by atoms with E-state index in [1.54, 1.807) is 0 Å². The molecule has 0 atom stereocenters. The molecule has 1 aliphatic rings. The van der Waals surface area contributed by atoms with Crippen molar-refractivity contribution in [2.24, 2.45) is 16.5 Å². The van der Waals surface area contributed by atoms with E-state index in [2.05, 4.69) is 4.99 Å². The molecular formula is C10H11N3O. The van der Waals surface area contributed by atoms with Gasteiger partial charge >= 0.3 is 0 Å². The highest BCUT2D eigenvalue weighted by Crippen LogP contribution is 2.18. The lowest BCUT2D eigenvalue weighted by Crippen LogP contribution is -2.14. The fourth-order valence-corrected chi connectivity index (χ4v) is 1.59. The Balaban J connectivity index is 2.31. The smallest absolute Gasteiger partial charge is 0.221 e. The number of nitrogens with two attached hydrogens (primary N) is 2. The molecule has 4 heteroatoms. The Morgan fingerprint density at radius 1 is 1.50 bits per heavy atom. The van der Waals surface area contributed by atoms with Crippen molar-refractivity contribution in [3.63, 3.8) is 0 Å². The van der Waals surface area contributed by atoms with E-state index in [0.717, 1.165) is 16.7 Å². The van der Waals surface area contributed by atoms with Crippen LogP contribution in [0, 0.1) is 0 Å². The second-order valence-corrected chi connectivity index (χ2v) is 3.34. The van der Waals surface area contributed by atoms with Crippen molar-refractivity contribution in [2.45, 2.75) is 13.0 Å². The second kappa shape index (κ2) is 3.14. The first-order chi connectivity index (χ1) is 6.66. The maximum atomic E-state index is 10.7. The van der Waals surface area contributed by atoms with Crippen LogP contribution in [0.5, 0.6) is 0 Å². The highest BCUT2D eigenvalue weighted by molar-refractivity contribution is 6.00. The Kier molecular flexibility index (Phi) is 1.96. The van der Waals surface area contributed by atoms with Gasteiger partial charge in [-0.1, -0.05) is 18.2 Å². The molecule has 0 aromatic heterocycles. The topological polar surface area (TPSA) is 81.5 Å². The number of fused-ring (bicyclic) bond motifs is 1. The molecule has 0 aliphatic carbocycles. The molecule has 1 aromatic rings. The Labute approximate surface area is 81.6 Å². The first kappa shape index (κ1) is 8.74. The third-order valence-corrected chi connectivity index (χ3v) is 2.24. The molecule has 0 saturated heterocycles. The molecule has 0 radical (unpaired) electrons. The number of hydrogen-bond acceptors (Lipinski definition) is 3. The van der Waals surface area contributed by atoms with Gasteiger partial charge in [-0.15, -0.1) is 0 Å². The predicted octanol–water partition coefficient (Wildman–Crippen LogP) is -0.0667. The van der Waals surface area contributed by atoms with E-state index in [0.29, 0.717) is 12.4 Å². The minimum atomic E-state index is -0.322. The van der Waals surface area contributed by atoms with E-state index in [1.165, 1.54) is 0 Å². The van der Waals surface area contributed by atoms with Gasteiger partial charge in [0.2, 0.25) is 5.91 Å². The van der Waals surface area contributed by atoms with Gasteiger partial charge in [0.25, 0.3) is 0 Å². The largest absolute Gasteiger partial charge is 0.383 e. The molecule has 1 aliphatic heterocycles. The van der Waals surface area contributed by atoms with Crippen molar-refractivity contribution in [3.8, 4) is 0 Å². The molecule has 4 N–H and O–H groups in total. The molecule has 4 nitrogen and oxygen atoms in total. The quantitative estimate of drug-likeness (QED) is 0.683. The standard InChI is InChI=1S/C10H11N3O/c11-9(14)4-6-1-2-8-7(3-6)5-13-10(8)12/h1-3H,4-5H2,(H2,11,14)(H2,12,13). The number of carbonyl (C=O) groups is 1. The van der Waals surface area contributed by atoms with Crippen LogP contribution < -0.4 is 11.5 Å². The fourth-order valence-electron chi connectivity index (χ4n) is 1.59. The van der Waals surface area contributed by atoms with Crippen molar-refractivity contribution in [3.05, 3.63) is 34.9 Å². The van der Waals surface area contributed by atoms with Crippen LogP contribution in [-0.2, 0) is 17.8 Å². The lowest BCUT2D eigenvalue weighted by atomic mass is 10.0. The van der Waals surface area contributed by atoms with Crippen LogP contribution >= 0.6 is 0 Å².